The molecule has 2 heterocycles. The lowest BCUT2D eigenvalue weighted by Crippen LogP contribution is -2.34. The second kappa shape index (κ2) is 6.93. The van der Waals surface area contributed by atoms with E-state index < -0.39 is 0 Å². The molecule has 1 amide bonds. The minimum Gasteiger partial charge on any atom is -0.506 e. The predicted octanol–water partition coefficient (Wildman–Crippen LogP) is 3.70. The second-order valence-electron chi connectivity index (χ2n) is 7.40. The van der Waals surface area contributed by atoms with Crippen LogP contribution < -0.4 is 0 Å². The summed E-state index contributed by atoms with van der Waals surface area (Å²) in [5.74, 6) is 1.18. The molecule has 2 aliphatic heterocycles. The zero-order chi connectivity index (χ0) is 18.3. The number of benzene rings is 2. The van der Waals surface area contributed by atoms with Crippen LogP contribution in [0.3, 0.4) is 0 Å². The minimum atomic E-state index is 0.133. The quantitative estimate of drug-likeness (QED) is 0.896. The van der Waals surface area contributed by atoms with Crippen LogP contribution in [-0.2, 0) is 11.3 Å². The van der Waals surface area contributed by atoms with E-state index in [-0.39, 0.29) is 17.7 Å². The van der Waals surface area contributed by atoms with E-state index in [0.717, 1.165) is 31.7 Å². The topological polar surface area (TPSA) is 43.8 Å². The molecule has 2 aromatic carbocycles. The third-order valence-electron chi connectivity index (χ3n) is 5.74. The number of carbonyl (C=O) groups excluding carboxylic acids is 1. The molecule has 5 heteroatoms. The van der Waals surface area contributed by atoms with Crippen molar-refractivity contribution in [1.29, 1.82) is 0 Å². The summed E-state index contributed by atoms with van der Waals surface area (Å²) in [4.78, 5) is 16.6. The number of nitrogens with zero attached hydrogens (tertiary/aromatic N) is 2. The summed E-state index contributed by atoms with van der Waals surface area (Å²) in [5, 5.41) is 10.3. The van der Waals surface area contributed by atoms with Gasteiger partial charge in [0.15, 0.2) is 0 Å². The third kappa shape index (κ3) is 3.08. The van der Waals surface area contributed by atoms with E-state index in [0.29, 0.717) is 16.9 Å². The average Bonchev–Trinajstić information content (AvgIpc) is 3.17. The first-order valence-electron chi connectivity index (χ1n) is 9.05. The molecule has 0 bridgehead atoms. The molecule has 0 aliphatic carbocycles. The Bertz CT molecular complexity index is 811. The molecule has 2 aliphatic rings. The average molecular weight is 371 g/mol. The lowest BCUT2D eigenvalue weighted by atomic mass is 9.89. The van der Waals surface area contributed by atoms with E-state index in [4.69, 9.17) is 11.6 Å². The van der Waals surface area contributed by atoms with Gasteiger partial charge in [-0.05, 0) is 23.1 Å². The Morgan fingerprint density at radius 3 is 2.62 bits per heavy atom. The molecule has 2 aromatic rings. The van der Waals surface area contributed by atoms with Gasteiger partial charge in [0.25, 0.3) is 0 Å². The van der Waals surface area contributed by atoms with E-state index in [2.05, 4.69) is 17.0 Å². The van der Waals surface area contributed by atoms with E-state index in [9.17, 15) is 9.90 Å². The normalized spacial score (nSPS) is 25.5. The van der Waals surface area contributed by atoms with Gasteiger partial charge in [-0.1, -0.05) is 54.1 Å². The smallest absolute Gasteiger partial charge is 0.219 e. The van der Waals surface area contributed by atoms with Crippen molar-refractivity contribution in [3.63, 3.8) is 0 Å². The molecule has 0 radical (unpaired) electrons. The standard InChI is InChI=1S/C21H23ClN2O2/c1-14(25)24-12-17-11-23(10-16-8-5-9-19(26)20(16)22)13-18(17)21(24)15-6-3-2-4-7-15/h2-9,17-18,21,26H,10-13H2,1H3/t17-,18-,21+/m1/s1. The lowest BCUT2D eigenvalue weighted by Gasteiger charge is -2.29. The fraction of sp³-hybridized carbons (Fsp3) is 0.381. The SMILES string of the molecule is CC(=O)N1C[C@H]2CN(Cc3cccc(O)c3Cl)C[C@H]2[C@@H]1c1ccccc1. The molecule has 0 spiro atoms. The number of halogens is 1. The van der Waals surface area contributed by atoms with E-state index in [1.807, 2.05) is 35.2 Å². The molecule has 136 valence electrons. The van der Waals surface area contributed by atoms with Crippen LogP contribution in [0.4, 0.5) is 0 Å². The first-order chi connectivity index (χ1) is 12.5. The van der Waals surface area contributed by atoms with Gasteiger partial charge >= 0.3 is 0 Å². The highest BCUT2D eigenvalue weighted by atomic mass is 35.5. The number of phenolic OH excluding ortho intramolecular Hbond substituents is 1. The van der Waals surface area contributed by atoms with Gasteiger partial charge in [0.2, 0.25) is 5.91 Å². The molecule has 26 heavy (non-hydrogen) atoms. The zero-order valence-electron chi connectivity index (χ0n) is 14.8. The number of hydrogen-bond acceptors (Lipinski definition) is 3. The van der Waals surface area contributed by atoms with Crippen molar-refractivity contribution < 1.29 is 9.90 Å². The van der Waals surface area contributed by atoms with Crippen molar-refractivity contribution in [2.75, 3.05) is 19.6 Å². The number of likely N-dealkylation sites (tertiary alicyclic amines) is 2. The van der Waals surface area contributed by atoms with Gasteiger partial charge in [-0.15, -0.1) is 0 Å². The van der Waals surface area contributed by atoms with Crippen LogP contribution in [-0.4, -0.2) is 40.4 Å². The monoisotopic (exact) mass is 370 g/mol. The maximum absolute atomic E-state index is 12.2. The number of amides is 1. The number of fused-ring (bicyclic) bond motifs is 1. The van der Waals surface area contributed by atoms with Crippen molar-refractivity contribution in [1.82, 2.24) is 9.80 Å². The van der Waals surface area contributed by atoms with Crippen LogP contribution in [0.15, 0.2) is 48.5 Å². The van der Waals surface area contributed by atoms with E-state index in [1.54, 1.807) is 13.0 Å². The summed E-state index contributed by atoms with van der Waals surface area (Å²) in [6, 6.07) is 15.9. The highest BCUT2D eigenvalue weighted by Gasteiger charge is 2.48. The number of aromatic hydroxyl groups is 1. The third-order valence-corrected chi connectivity index (χ3v) is 6.17. The Morgan fingerprint density at radius 1 is 1.12 bits per heavy atom. The number of phenols is 1. The molecule has 3 atom stereocenters. The van der Waals surface area contributed by atoms with Gasteiger partial charge in [-0.25, -0.2) is 0 Å². The van der Waals surface area contributed by atoms with Crippen LogP contribution in [0.1, 0.15) is 24.1 Å². The van der Waals surface area contributed by atoms with Crippen LogP contribution >= 0.6 is 11.6 Å². The summed E-state index contributed by atoms with van der Waals surface area (Å²) in [5.41, 5.74) is 2.17. The van der Waals surface area contributed by atoms with Gasteiger partial charge in [0.05, 0.1) is 11.1 Å². The summed E-state index contributed by atoms with van der Waals surface area (Å²) in [7, 11) is 0. The van der Waals surface area contributed by atoms with Gasteiger partial charge in [-0.3, -0.25) is 9.69 Å². The zero-order valence-corrected chi connectivity index (χ0v) is 15.6. The largest absolute Gasteiger partial charge is 0.506 e. The maximum atomic E-state index is 12.2. The van der Waals surface area contributed by atoms with Crippen LogP contribution in [0.2, 0.25) is 5.02 Å². The number of carbonyl (C=O) groups is 1. The fourth-order valence-corrected chi connectivity index (χ4v) is 4.78. The summed E-state index contributed by atoms with van der Waals surface area (Å²) in [6.07, 6.45) is 0. The molecule has 1 N–H and O–H groups in total. The lowest BCUT2D eigenvalue weighted by molar-refractivity contribution is -0.130. The number of hydrogen-bond donors (Lipinski definition) is 1. The molecular formula is C21H23ClN2O2. The van der Waals surface area contributed by atoms with Crippen LogP contribution in [0.25, 0.3) is 0 Å². The van der Waals surface area contributed by atoms with Gasteiger partial charge in [-0.2, -0.15) is 0 Å². The molecule has 0 aromatic heterocycles. The Morgan fingerprint density at radius 2 is 1.88 bits per heavy atom. The molecule has 4 nitrogen and oxygen atoms in total. The van der Waals surface area contributed by atoms with Crippen molar-refractivity contribution in [3.05, 3.63) is 64.7 Å². The molecule has 0 saturated carbocycles. The molecule has 2 saturated heterocycles. The van der Waals surface area contributed by atoms with Crippen molar-refractivity contribution >= 4 is 17.5 Å². The first-order valence-corrected chi connectivity index (χ1v) is 9.43. The first kappa shape index (κ1) is 17.4. The van der Waals surface area contributed by atoms with Crippen molar-refractivity contribution in [2.45, 2.75) is 19.5 Å². The minimum absolute atomic E-state index is 0.133. The number of rotatable bonds is 3. The molecule has 0 unspecified atom stereocenters. The Balaban J connectivity index is 1.55. The predicted molar refractivity (Wildman–Crippen MR) is 102 cm³/mol. The molecule has 2 fully saturated rings. The second-order valence-corrected chi connectivity index (χ2v) is 7.77. The highest BCUT2D eigenvalue weighted by Crippen LogP contribution is 2.45. The summed E-state index contributed by atoms with van der Waals surface area (Å²) < 4.78 is 0. The fourth-order valence-electron chi connectivity index (χ4n) is 4.60. The maximum Gasteiger partial charge on any atom is 0.219 e. The van der Waals surface area contributed by atoms with Crippen LogP contribution in [0, 0.1) is 11.8 Å². The summed E-state index contributed by atoms with van der Waals surface area (Å²) >= 11 is 6.25. The van der Waals surface area contributed by atoms with Crippen molar-refractivity contribution in [3.8, 4) is 5.75 Å². The van der Waals surface area contributed by atoms with Gasteiger partial charge < -0.3 is 10.0 Å². The Hall–Kier alpha value is -2.04. The highest BCUT2D eigenvalue weighted by molar-refractivity contribution is 6.32. The van der Waals surface area contributed by atoms with Crippen molar-refractivity contribution in [2.24, 2.45) is 11.8 Å². The van der Waals surface area contributed by atoms with Gasteiger partial charge in [0.1, 0.15) is 5.75 Å². The summed E-state index contributed by atoms with van der Waals surface area (Å²) in [6.45, 7) is 5.08. The molecule has 4 rings (SSSR count). The Labute approximate surface area is 159 Å². The van der Waals surface area contributed by atoms with E-state index >= 15 is 0 Å². The van der Waals surface area contributed by atoms with Crippen LogP contribution in [0.5, 0.6) is 5.75 Å². The van der Waals surface area contributed by atoms with E-state index in [1.165, 1.54) is 5.56 Å². The van der Waals surface area contributed by atoms with Gasteiger partial charge in [0, 0.05) is 39.0 Å². The molecular weight excluding hydrogens is 348 g/mol. The Kier molecular flexibility index (Phi) is 4.63.